The largest absolute Gasteiger partial charge is 0.384 e. The van der Waals surface area contributed by atoms with Crippen molar-refractivity contribution in [2.45, 2.75) is 20.0 Å². The molecule has 3 aromatic rings. The van der Waals surface area contributed by atoms with Gasteiger partial charge in [0.25, 0.3) is 5.89 Å². The molecule has 0 atom stereocenters. The van der Waals surface area contributed by atoms with Crippen LogP contribution in [0.2, 0.25) is 0 Å². The Kier molecular flexibility index (Phi) is 4.42. The van der Waals surface area contributed by atoms with Crippen molar-refractivity contribution in [2.75, 3.05) is 5.73 Å². The normalized spacial score (nSPS) is 10.8. The van der Waals surface area contributed by atoms with E-state index >= 15 is 0 Å². The molecule has 0 fully saturated rings. The molecule has 0 bridgehead atoms. The number of amides is 1. The summed E-state index contributed by atoms with van der Waals surface area (Å²) < 4.78 is 33.6. The highest BCUT2D eigenvalue weighted by molar-refractivity contribution is 5.75. The SMILES string of the molecule is Cc1cc(N)n(CC(=O)NCc2noc(-c3c(F)cccc3F)n2)n1. The number of hydrogen-bond donors (Lipinski definition) is 2. The van der Waals surface area contributed by atoms with Gasteiger partial charge in [0.05, 0.1) is 12.2 Å². The average molecular weight is 348 g/mol. The molecule has 0 saturated carbocycles. The summed E-state index contributed by atoms with van der Waals surface area (Å²) in [5.41, 5.74) is 5.99. The van der Waals surface area contributed by atoms with Crippen molar-refractivity contribution in [3.8, 4) is 11.5 Å². The Labute approximate surface area is 140 Å². The number of nitrogens with two attached hydrogens (primary N) is 1. The van der Waals surface area contributed by atoms with Gasteiger partial charge in [-0.3, -0.25) is 4.79 Å². The van der Waals surface area contributed by atoms with Crippen molar-refractivity contribution in [1.82, 2.24) is 25.2 Å². The van der Waals surface area contributed by atoms with E-state index in [0.29, 0.717) is 11.5 Å². The second-order valence-electron chi connectivity index (χ2n) is 5.26. The summed E-state index contributed by atoms with van der Waals surface area (Å²) in [6.07, 6.45) is 0. The Morgan fingerprint density at radius 2 is 2.08 bits per heavy atom. The first-order valence-corrected chi connectivity index (χ1v) is 7.27. The average Bonchev–Trinajstić information content (AvgIpc) is 3.12. The predicted molar refractivity (Wildman–Crippen MR) is 82.9 cm³/mol. The number of halogens is 2. The number of nitrogen functional groups attached to an aromatic ring is 1. The first-order valence-electron chi connectivity index (χ1n) is 7.27. The van der Waals surface area contributed by atoms with Gasteiger partial charge < -0.3 is 15.6 Å². The lowest BCUT2D eigenvalue weighted by molar-refractivity contribution is -0.122. The molecule has 0 aliphatic heterocycles. The fourth-order valence-corrected chi connectivity index (χ4v) is 2.19. The molecule has 0 unspecified atom stereocenters. The van der Waals surface area contributed by atoms with Crippen LogP contribution in [0.15, 0.2) is 28.8 Å². The minimum Gasteiger partial charge on any atom is -0.384 e. The van der Waals surface area contributed by atoms with E-state index in [1.165, 1.54) is 10.7 Å². The number of aromatic nitrogens is 4. The van der Waals surface area contributed by atoms with Crippen LogP contribution in [0, 0.1) is 18.6 Å². The standard InChI is InChI=1S/C15H14F2N6O2/c1-8-5-11(18)23(21-8)7-13(24)19-6-12-20-15(25-22-12)14-9(16)3-2-4-10(14)17/h2-5H,6-7,18H2,1H3,(H,19,24). The summed E-state index contributed by atoms with van der Waals surface area (Å²) in [5.74, 6) is -1.86. The topological polar surface area (TPSA) is 112 Å². The molecular weight excluding hydrogens is 334 g/mol. The van der Waals surface area contributed by atoms with Crippen molar-refractivity contribution in [3.63, 3.8) is 0 Å². The molecule has 0 spiro atoms. The second kappa shape index (κ2) is 6.67. The van der Waals surface area contributed by atoms with Crippen LogP contribution in [0.5, 0.6) is 0 Å². The summed E-state index contributed by atoms with van der Waals surface area (Å²) in [6.45, 7) is 1.61. The second-order valence-corrected chi connectivity index (χ2v) is 5.26. The van der Waals surface area contributed by atoms with Gasteiger partial charge in [0.1, 0.15) is 29.6 Å². The monoisotopic (exact) mass is 348 g/mol. The molecule has 0 aliphatic rings. The van der Waals surface area contributed by atoms with Crippen molar-refractivity contribution in [2.24, 2.45) is 0 Å². The molecule has 2 heterocycles. The lowest BCUT2D eigenvalue weighted by Gasteiger charge is -2.04. The number of nitrogens with zero attached hydrogens (tertiary/aromatic N) is 4. The number of nitrogens with one attached hydrogen (secondary N) is 1. The zero-order valence-corrected chi connectivity index (χ0v) is 13.2. The van der Waals surface area contributed by atoms with E-state index in [1.54, 1.807) is 13.0 Å². The maximum atomic E-state index is 13.7. The number of anilines is 1. The van der Waals surface area contributed by atoms with E-state index in [0.717, 1.165) is 12.1 Å². The van der Waals surface area contributed by atoms with Gasteiger partial charge in [-0.25, -0.2) is 13.5 Å². The third kappa shape index (κ3) is 3.62. The molecule has 0 saturated heterocycles. The first-order chi connectivity index (χ1) is 11.9. The molecule has 10 heteroatoms. The molecule has 0 aliphatic carbocycles. The van der Waals surface area contributed by atoms with Crippen LogP contribution < -0.4 is 11.1 Å². The number of carbonyl (C=O) groups excluding carboxylic acids is 1. The lowest BCUT2D eigenvalue weighted by Crippen LogP contribution is -2.28. The molecule has 3 N–H and O–H groups in total. The third-order valence-electron chi connectivity index (χ3n) is 3.32. The first kappa shape index (κ1) is 16.6. The van der Waals surface area contributed by atoms with Crippen LogP contribution >= 0.6 is 0 Å². The van der Waals surface area contributed by atoms with E-state index in [2.05, 4.69) is 20.6 Å². The number of carbonyl (C=O) groups is 1. The van der Waals surface area contributed by atoms with Gasteiger partial charge in [-0.1, -0.05) is 11.2 Å². The van der Waals surface area contributed by atoms with Crippen LogP contribution in [0.3, 0.4) is 0 Å². The molecule has 1 aromatic carbocycles. The minimum absolute atomic E-state index is 0.0709. The van der Waals surface area contributed by atoms with Crippen molar-refractivity contribution in [3.05, 3.63) is 47.4 Å². The summed E-state index contributed by atoms with van der Waals surface area (Å²) in [4.78, 5) is 15.8. The quantitative estimate of drug-likeness (QED) is 0.721. The van der Waals surface area contributed by atoms with E-state index < -0.39 is 17.2 Å². The van der Waals surface area contributed by atoms with Crippen LogP contribution in [0.4, 0.5) is 14.6 Å². The highest BCUT2D eigenvalue weighted by Gasteiger charge is 2.18. The molecule has 2 aromatic heterocycles. The number of rotatable bonds is 5. The van der Waals surface area contributed by atoms with Gasteiger partial charge in [-0.15, -0.1) is 0 Å². The molecule has 8 nitrogen and oxygen atoms in total. The highest BCUT2D eigenvalue weighted by Crippen LogP contribution is 2.24. The highest BCUT2D eigenvalue weighted by atomic mass is 19.1. The van der Waals surface area contributed by atoms with E-state index in [1.807, 2.05) is 0 Å². The van der Waals surface area contributed by atoms with Gasteiger partial charge in [0.15, 0.2) is 5.82 Å². The molecule has 25 heavy (non-hydrogen) atoms. The van der Waals surface area contributed by atoms with E-state index in [-0.39, 0.29) is 30.7 Å². The Morgan fingerprint density at radius 1 is 1.36 bits per heavy atom. The summed E-state index contributed by atoms with van der Waals surface area (Å²) in [6, 6.07) is 5.04. The molecular formula is C15H14F2N6O2. The molecule has 0 radical (unpaired) electrons. The Balaban J connectivity index is 1.64. The Bertz CT molecular complexity index is 900. The van der Waals surface area contributed by atoms with Crippen molar-refractivity contribution >= 4 is 11.7 Å². The zero-order valence-electron chi connectivity index (χ0n) is 13.2. The molecule has 130 valence electrons. The van der Waals surface area contributed by atoms with Crippen LogP contribution in [0.25, 0.3) is 11.5 Å². The van der Waals surface area contributed by atoms with Crippen LogP contribution in [-0.4, -0.2) is 25.8 Å². The van der Waals surface area contributed by atoms with E-state index in [9.17, 15) is 13.6 Å². The number of hydrogen-bond acceptors (Lipinski definition) is 6. The van der Waals surface area contributed by atoms with Gasteiger partial charge in [0.2, 0.25) is 5.91 Å². The van der Waals surface area contributed by atoms with Gasteiger partial charge in [0, 0.05) is 6.07 Å². The Morgan fingerprint density at radius 3 is 2.72 bits per heavy atom. The summed E-state index contributed by atoms with van der Waals surface area (Å²) in [5, 5.41) is 10.2. The fourth-order valence-electron chi connectivity index (χ4n) is 2.19. The van der Waals surface area contributed by atoms with E-state index in [4.69, 9.17) is 10.3 Å². The number of benzene rings is 1. The van der Waals surface area contributed by atoms with Gasteiger partial charge in [-0.05, 0) is 19.1 Å². The van der Waals surface area contributed by atoms with Crippen molar-refractivity contribution in [1.29, 1.82) is 0 Å². The molecule has 3 rings (SSSR count). The fraction of sp³-hybridized carbons (Fsp3) is 0.200. The van der Waals surface area contributed by atoms with Gasteiger partial charge >= 0.3 is 0 Å². The van der Waals surface area contributed by atoms with Crippen LogP contribution in [0.1, 0.15) is 11.5 Å². The lowest BCUT2D eigenvalue weighted by atomic mass is 10.2. The zero-order chi connectivity index (χ0) is 18.0. The van der Waals surface area contributed by atoms with Gasteiger partial charge in [-0.2, -0.15) is 10.1 Å². The maximum Gasteiger partial charge on any atom is 0.263 e. The summed E-state index contributed by atoms with van der Waals surface area (Å²) in [7, 11) is 0. The van der Waals surface area contributed by atoms with Crippen LogP contribution in [-0.2, 0) is 17.9 Å². The number of aryl methyl sites for hydroxylation is 1. The summed E-state index contributed by atoms with van der Waals surface area (Å²) >= 11 is 0. The Hall–Kier alpha value is -3.30. The smallest absolute Gasteiger partial charge is 0.263 e. The third-order valence-corrected chi connectivity index (χ3v) is 3.32. The molecule has 1 amide bonds. The minimum atomic E-state index is -0.816. The predicted octanol–water partition coefficient (Wildman–Crippen LogP) is 1.42. The van der Waals surface area contributed by atoms with Crippen molar-refractivity contribution < 1.29 is 18.1 Å². The maximum absolute atomic E-state index is 13.7.